The van der Waals surface area contributed by atoms with Crippen molar-refractivity contribution in [2.45, 2.75) is 26.4 Å². The van der Waals surface area contributed by atoms with E-state index in [1.54, 1.807) is 0 Å². The molecule has 3 nitrogen and oxygen atoms in total. The molecule has 2 aromatic rings. The van der Waals surface area contributed by atoms with Crippen molar-refractivity contribution < 1.29 is 9.84 Å². The first kappa shape index (κ1) is 15.4. The molecule has 21 heavy (non-hydrogen) atoms. The topological polar surface area (TPSA) is 41.5 Å². The van der Waals surface area contributed by atoms with Gasteiger partial charge in [-0.25, -0.2) is 0 Å². The average Bonchev–Trinajstić information content (AvgIpc) is 2.51. The Balaban J connectivity index is 1.75. The molecule has 0 bridgehead atoms. The van der Waals surface area contributed by atoms with Crippen LogP contribution in [0.25, 0.3) is 0 Å². The summed E-state index contributed by atoms with van der Waals surface area (Å²) >= 11 is 0. The number of aliphatic hydroxyl groups is 1. The summed E-state index contributed by atoms with van der Waals surface area (Å²) in [6.45, 7) is 4.92. The Labute approximate surface area is 126 Å². The Kier molecular flexibility index (Phi) is 5.64. The predicted octanol–water partition coefficient (Wildman–Crippen LogP) is 3.41. The summed E-state index contributed by atoms with van der Waals surface area (Å²) in [7, 11) is 0. The molecule has 2 aromatic carbocycles. The fourth-order valence-electron chi connectivity index (χ4n) is 2.06. The largest absolute Gasteiger partial charge is 0.491 e. The third-order valence-electron chi connectivity index (χ3n) is 3.33. The molecule has 112 valence electrons. The van der Waals surface area contributed by atoms with Gasteiger partial charge in [0.1, 0.15) is 18.5 Å². The second-order valence-electron chi connectivity index (χ2n) is 5.21. The van der Waals surface area contributed by atoms with Gasteiger partial charge in [-0.3, -0.25) is 0 Å². The van der Waals surface area contributed by atoms with Crippen LogP contribution in [0.3, 0.4) is 0 Å². The van der Waals surface area contributed by atoms with E-state index in [2.05, 4.69) is 18.3 Å². The minimum Gasteiger partial charge on any atom is -0.491 e. The van der Waals surface area contributed by atoms with E-state index in [9.17, 15) is 5.11 Å². The quantitative estimate of drug-likeness (QED) is 0.819. The summed E-state index contributed by atoms with van der Waals surface area (Å²) in [5, 5.41) is 13.2. The van der Waals surface area contributed by atoms with Gasteiger partial charge >= 0.3 is 0 Å². The lowest BCUT2D eigenvalue weighted by Gasteiger charge is -2.14. The van der Waals surface area contributed by atoms with Crippen LogP contribution in [-0.4, -0.2) is 24.4 Å². The van der Waals surface area contributed by atoms with Crippen molar-refractivity contribution in [1.29, 1.82) is 0 Å². The van der Waals surface area contributed by atoms with Crippen LogP contribution >= 0.6 is 0 Å². The van der Waals surface area contributed by atoms with Crippen molar-refractivity contribution in [2.24, 2.45) is 0 Å². The van der Waals surface area contributed by atoms with Gasteiger partial charge in [0.05, 0.1) is 0 Å². The zero-order chi connectivity index (χ0) is 15.1. The molecule has 2 rings (SSSR count). The van der Waals surface area contributed by atoms with Gasteiger partial charge in [0.2, 0.25) is 0 Å². The predicted molar refractivity (Wildman–Crippen MR) is 87.0 cm³/mol. The first-order valence-electron chi connectivity index (χ1n) is 7.37. The van der Waals surface area contributed by atoms with Gasteiger partial charge in [-0.2, -0.15) is 0 Å². The van der Waals surface area contributed by atoms with Crippen molar-refractivity contribution in [3.05, 3.63) is 59.7 Å². The van der Waals surface area contributed by atoms with E-state index in [0.29, 0.717) is 6.54 Å². The van der Waals surface area contributed by atoms with E-state index < -0.39 is 6.10 Å². The van der Waals surface area contributed by atoms with Crippen LogP contribution in [0, 0.1) is 6.92 Å². The van der Waals surface area contributed by atoms with Crippen LogP contribution in [0.5, 0.6) is 5.75 Å². The number of benzene rings is 2. The summed E-state index contributed by atoms with van der Waals surface area (Å²) in [4.78, 5) is 0. The molecule has 0 aromatic heterocycles. The Morgan fingerprint density at radius 2 is 1.90 bits per heavy atom. The zero-order valence-electron chi connectivity index (χ0n) is 12.7. The first-order chi connectivity index (χ1) is 10.2. The summed E-state index contributed by atoms with van der Waals surface area (Å²) < 4.78 is 5.59. The van der Waals surface area contributed by atoms with Crippen molar-refractivity contribution in [3.8, 4) is 5.75 Å². The smallest absolute Gasteiger partial charge is 0.119 e. The van der Waals surface area contributed by atoms with E-state index in [1.165, 1.54) is 11.1 Å². The van der Waals surface area contributed by atoms with Crippen LogP contribution in [0.4, 0.5) is 5.69 Å². The molecule has 0 fully saturated rings. The molecule has 1 unspecified atom stereocenters. The third kappa shape index (κ3) is 5.12. The number of aliphatic hydroxyl groups excluding tert-OH is 1. The van der Waals surface area contributed by atoms with E-state index in [1.807, 2.05) is 49.4 Å². The van der Waals surface area contributed by atoms with Crippen LogP contribution in [0.15, 0.2) is 48.5 Å². The molecule has 0 amide bonds. The molecule has 0 heterocycles. The number of aryl methyl sites for hydroxylation is 2. The minimum atomic E-state index is -0.545. The maximum atomic E-state index is 9.95. The maximum Gasteiger partial charge on any atom is 0.119 e. The van der Waals surface area contributed by atoms with Gasteiger partial charge in [0.15, 0.2) is 0 Å². The lowest BCUT2D eigenvalue weighted by atomic mass is 10.2. The van der Waals surface area contributed by atoms with E-state index in [4.69, 9.17) is 4.74 Å². The standard InChI is InChI=1S/C18H23NO2/c1-3-15-7-9-18(10-8-15)21-13-17(20)12-19-16-6-4-5-14(2)11-16/h4-11,17,19-20H,3,12-13H2,1-2H3. The normalized spacial score (nSPS) is 12.0. The number of nitrogens with one attached hydrogen (secondary N) is 1. The highest BCUT2D eigenvalue weighted by molar-refractivity contribution is 5.45. The Morgan fingerprint density at radius 3 is 2.57 bits per heavy atom. The Bertz CT molecular complexity index is 551. The lowest BCUT2D eigenvalue weighted by Crippen LogP contribution is -2.26. The van der Waals surface area contributed by atoms with Crippen molar-refractivity contribution in [2.75, 3.05) is 18.5 Å². The molecule has 0 saturated heterocycles. The number of hydrogen-bond donors (Lipinski definition) is 2. The molecule has 0 spiro atoms. The second-order valence-corrected chi connectivity index (χ2v) is 5.21. The van der Waals surface area contributed by atoms with Gasteiger partial charge in [0.25, 0.3) is 0 Å². The summed E-state index contributed by atoms with van der Waals surface area (Å²) in [5.41, 5.74) is 3.49. The Hall–Kier alpha value is -2.00. The van der Waals surface area contributed by atoms with Gasteiger partial charge in [-0.15, -0.1) is 0 Å². The summed E-state index contributed by atoms with van der Waals surface area (Å²) in [6.07, 6.45) is 0.472. The van der Waals surface area contributed by atoms with Gasteiger partial charge < -0.3 is 15.2 Å². The molecule has 3 heteroatoms. The molecule has 0 aliphatic carbocycles. The van der Waals surface area contributed by atoms with Crippen molar-refractivity contribution >= 4 is 5.69 Å². The molecule has 1 atom stereocenters. The van der Waals surface area contributed by atoms with Crippen LogP contribution in [0.1, 0.15) is 18.1 Å². The molecule has 2 N–H and O–H groups in total. The van der Waals surface area contributed by atoms with E-state index in [-0.39, 0.29) is 6.61 Å². The molecular weight excluding hydrogens is 262 g/mol. The number of ether oxygens (including phenoxy) is 1. The number of anilines is 1. The first-order valence-corrected chi connectivity index (χ1v) is 7.37. The molecule has 0 saturated carbocycles. The van der Waals surface area contributed by atoms with E-state index >= 15 is 0 Å². The van der Waals surface area contributed by atoms with Gasteiger partial charge in [-0.05, 0) is 48.7 Å². The Morgan fingerprint density at radius 1 is 1.14 bits per heavy atom. The highest BCUT2D eigenvalue weighted by Gasteiger charge is 2.05. The highest BCUT2D eigenvalue weighted by Crippen LogP contribution is 2.13. The van der Waals surface area contributed by atoms with Crippen LogP contribution in [0.2, 0.25) is 0 Å². The molecule has 0 aliphatic heterocycles. The van der Waals surface area contributed by atoms with Crippen LogP contribution in [-0.2, 0) is 6.42 Å². The molecule has 0 aliphatic rings. The van der Waals surface area contributed by atoms with Crippen molar-refractivity contribution in [1.82, 2.24) is 0 Å². The summed E-state index contributed by atoms with van der Waals surface area (Å²) in [6, 6.07) is 16.1. The number of hydrogen-bond acceptors (Lipinski definition) is 3. The van der Waals surface area contributed by atoms with Crippen LogP contribution < -0.4 is 10.1 Å². The SMILES string of the molecule is CCc1ccc(OCC(O)CNc2cccc(C)c2)cc1. The fraction of sp³-hybridized carbons (Fsp3) is 0.333. The van der Waals surface area contributed by atoms with E-state index in [0.717, 1.165) is 17.9 Å². The second kappa shape index (κ2) is 7.70. The fourth-order valence-corrected chi connectivity index (χ4v) is 2.06. The highest BCUT2D eigenvalue weighted by atomic mass is 16.5. The van der Waals surface area contributed by atoms with Gasteiger partial charge in [-0.1, -0.05) is 31.2 Å². The zero-order valence-corrected chi connectivity index (χ0v) is 12.7. The average molecular weight is 285 g/mol. The lowest BCUT2D eigenvalue weighted by molar-refractivity contribution is 0.117. The third-order valence-corrected chi connectivity index (χ3v) is 3.33. The maximum absolute atomic E-state index is 9.95. The summed E-state index contributed by atoms with van der Waals surface area (Å²) in [5.74, 6) is 0.793. The number of rotatable bonds is 7. The monoisotopic (exact) mass is 285 g/mol. The minimum absolute atomic E-state index is 0.282. The van der Waals surface area contributed by atoms with Gasteiger partial charge in [0, 0.05) is 12.2 Å². The molecule has 0 radical (unpaired) electrons. The van der Waals surface area contributed by atoms with Crippen molar-refractivity contribution in [3.63, 3.8) is 0 Å². The molecular formula is C18H23NO2.